The Bertz CT molecular complexity index is 634. The molecule has 24 heavy (non-hydrogen) atoms. The number of carbonyl (C=O) groups is 2. The van der Waals surface area contributed by atoms with Gasteiger partial charge in [0.25, 0.3) is 0 Å². The molecule has 1 fully saturated rings. The SMILES string of the molecule is Cc1csc(C(O)(CC(=O)N[C@H]2CC[C@@H](C(=O)O)C2)C(F)(F)F)n1. The summed E-state index contributed by atoms with van der Waals surface area (Å²) in [6.45, 7) is 1.49. The molecule has 1 unspecified atom stereocenters. The normalized spacial score (nSPS) is 23.7. The minimum absolute atomic E-state index is 0.169. The van der Waals surface area contributed by atoms with Gasteiger partial charge in [-0.2, -0.15) is 13.2 Å². The van der Waals surface area contributed by atoms with Gasteiger partial charge in [-0.05, 0) is 26.2 Å². The fourth-order valence-corrected chi connectivity index (χ4v) is 3.60. The van der Waals surface area contributed by atoms with Crippen LogP contribution in [0.4, 0.5) is 13.2 Å². The van der Waals surface area contributed by atoms with Crippen molar-refractivity contribution in [1.82, 2.24) is 10.3 Å². The number of rotatable bonds is 5. The second-order valence-corrected chi connectivity index (χ2v) is 6.80. The number of aliphatic carboxylic acids is 1. The van der Waals surface area contributed by atoms with Crippen molar-refractivity contribution in [2.24, 2.45) is 5.92 Å². The number of hydrogen-bond donors (Lipinski definition) is 3. The first kappa shape index (κ1) is 18.7. The fourth-order valence-electron chi connectivity index (χ4n) is 2.69. The largest absolute Gasteiger partial charge is 0.481 e. The summed E-state index contributed by atoms with van der Waals surface area (Å²) < 4.78 is 39.9. The Morgan fingerprint density at radius 3 is 2.54 bits per heavy atom. The van der Waals surface area contributed by atoms with Crippen molar-refractivity contribution in [2.45, 2.75) is 50.4 Å². The molecule has 0 bridgehead atoms. The molecule has 1 aromatic heterocycles. The molecule has 3 atom stereocenters. The third-order valence-electron chi connectivity index (χ3n) is 4.01. The molecule has 1 aromatic rings. The summed E-state index contributed by atoms with van der Waals surface area (Å²) in [6.07, 6.45) is -5.37. The summed E-state index contributed by atoms with van der Waals surface area (Å²) in [5.41, 5.74) is -3.04. The number of hydrogen-bond acceptors (Lipinski definition) is 5. The summed E-state index contributed by atoms with van der Waals surface area (Å²) in [6, 6.07) is -0.505. The van der Waals surface area contributed by atoms with E-state index >= 15 is 0 Å². The molecular weight excluding hydrogens is 349 g/mol. The van der Waals surface area contributed by atoms with Crippen LogP contribution in [0.5, 0.6) is 0 Å². The lowest BCUT2D eigenvalue weighted by Gasteiger charge is -2.28. The van der Waals surface area contributed by atoms with Crippen molar-refractivity contribution >= 4 is 23.2 Å². The quantitative estimate of drug-likeness (QED) is 0.740. The molecule has 0 saturated heterocycles. The van der Waals surface area contributed by atoms with E-state index < -0.39 is 47.0 Å². The molecule has 1 aliphatic rings. The number of amides is 1. The van der Waals surface area contributed by atoms with E-state index in [9.17, 15) is 27.9 Å². The first-order valence-corrected chi connectivity index (χ1v) is 8.15. The fraction of sp³-hybridized carbons (Fsp3) is 0.643. The smallest absolute Gasteiger partial charge is 0.424 e. The first-order chi connectivity index (χ1) is 11.0. The molecule has 1 saturated carbocycles. The van der Waals surface area contributed by atoms with Crippen molar-refractivity contribution in [3.63, 3.8) is 0 Å². The maximum Gasteiger partial charge on any atom is 0.424 e. The summed E-state index contributed by atoms with van der Waals surface area (Å²) >= 11 is 0.634. The number of aryl methyl sites for hydroxylation is 1. The van der Waals surface area contributed by atoms with Crippen molar-refractivity contribution in [2.75, 3.05) is 0 Å². The van der Waals surface area contributed by atoms with Crippen LogP contribution >= 0.6 is 11.3 Å². The van der Waals surface area contributed by atoms with Crippen LogP contribution in [0.2, 0.25) is 0 Å². The van der Waals surface area contributed by atoms with Crippen LogP contribution in [0.25, 0.3) is 0 Å². The van der Waals surface area contributed by atoms with Gasteiger partial charge in [0.15, 0.2) is 0 Å². The topological polar surface area (TPSA) is 99.5 Å². The molecule has 0 aromatic carbocycles. The highest BCUT2D eigenvalue weighted by atomic mass is 32.1. The molecule has 1 aliphatic carbocycles. The lowest BCUT2D eigenvalue weighted by Crippen LogP contribution is -2.47. The van der Waals surface area contributed by atoms with E-state index in [0.29, 0.717) is 29.9 Å². The number of nitrogens with one attached hydrogen (secondary N) is 1. The molecule has 2 rings (SSSR count). The van der Waals surface area contributed by atoms with Gasteiger partial charge in [0.1, 0.15) is 5.01 Å². The molecule has 0 aliphatic heterocycles. The number of carboxylic acid groups (broad SMARTS) is 1. The average Bonchev–Trinajstić information content (AvgIpc) is 3.06. The van der Waals surface area contributed by atoms with Gasteiger partial charge in [-0.15, -0.1) is 11.3 Å². The van der Waals surface area contributed by atoms with Crippen LogP contribution in [0.15, 0.2) is 5.38 Å². The average molecular weight is 366 g/mol. The summed E-state index contributed by atoms with van der Waals surface area (Å²) in [4.78, 5) is 26.5. The van der Waals surface area contributed by atoms with Crippen LogP contribution in [0.1, 0.15) is 36.4 Å². The van der Waals surface area contributed by atoms with E-state index in [-0.39, 0.29) is 6.42 Å². The highest BCUT2D eigenvalue weighted by Gasteiger charge is 2.58. The predicted octanol–water partition coefficient (Wildman–Crippen LogP) is 1.96. The van der Waals surface area contributed by atoms with Gasteiger partial charge >= 0.3 is 12.1 Å². The maximum atomic E-state index is 13.3. The second kappa shape index (κ2) is 6.67. The first-order valence-electron chi connectivity index (χ1n) is 7.27. The number of aliphatic hydroxyl groups is 1. The van der Waals surface area contributed by atoms with E-state index in [4.69, 9.17) is 5.11 Å². The Hall–Kier alpha value is -1.68. The van der Waals surface area contributed by atoms with Crippen LogP contribution in [0.3, 0.4) is 0 Å². The lowest BCUT2D eigenvalue weighted by atomic mass is 9.99. The number of carboxylic acids is 1. The van der Waals surface area contributed by atoms with Gasteiger partial charge < -0.3 is 15.5 Å². The number of thiazole rings is 1. The molecule has 0 spiro atoms. The lowest BCUT2D eigenvalue weighted by molar-refractivity contribution is -0.267. The number of nitrogens with zero attached hydrogens (tertiary/aromatic N) is 1. The van der Waals surface area contributed by atoms with Gasteiger partial charge in [-0.3, -0.25) is 9.59 Å². The summed E-state index contributed by atoms with van der Waals surface area (Å²) in [7, 11) is 0. The molecule has 3 N–H and O–H groups in total. The highest BCUT2D eigenvalue weighted by molar-refractivity contribution is 7.09. The molecule has 134 valence electrons. The van der Waals surface area contributed by atoms with Crippen LogP contribution in [-0.2, 0) is 15.2 Å². The number of alkyl halides is 3. The number of halogens is 3. The van der Waals surface area contributed by atoms with Crippen LogP contribution in [-0.4, -0.2) is 39.3 Å². The molecule has 0 radical (unpaired) electrons. The third kappa shape index (κ3) is 3.86. The Kier molecular flexibility index (Phi) is 5.19. The molecule has 10 heteroatoms. The molecular formula is C14H17F3N2O4S. The summed E-state index contributed by atoms with van der Waals surface area (Å²) in [5, 5.41) is 22.1. The van der Waals surface area contributed by atoms with Crippen LogP contribution in [0, 0.1) is 12.8 Å². The van der Waals surface area contributed by atoms with Gasteiger partial charge in [0, 0.05) is 17.1 Å². The maximum absolute atomic E-state index is 13.3. The van der Waals surface area contributed by atoms with E-state index in [1.165, 1.54) is 12.3 Å². The minimum Gasteiger partial charge on any atom is -0.481 e. The monoisotopic (exact) mass is 366 g/mol. The van der Waals surface area contributed by atoms with Crippen molar-refractivity contribution in [1.29, 1.82) is 0 Å². The standard InChI is InChI=1S/C14H17F3N2O4S/c1-7-6-24-12(18-7)13(23,14(15,16)17)5-10(20)19-9-3-2-8(4-9)11(21)22/h6,8-9,23H,2-5H2,1H3,(H,19,20)(H,21,22)/t8-,9+,13?/m1/s1. The van der Waals surface area contributed by atoms with E-state index in [2.05, 4.69) is 10.3 Å². The minimum atomic E-state index is -5.06. The zero-order valence-electron chi connectivity index (χ0n) is 12.8. The van der Waals surface area contributed by atoms with E-state index in [0.717, 1.165) is 0 Å². The summed E-state index contributed by atoms with van der Waals surface area (Å²) in [5.74, 6) is -2.59. The highest BCUT2D eigenvalue weighted by Crippen LogP contribution is 2.42. The number of aromatic nitrogens is 1. The third-order valence-corrected chi connectivity index (χ3v) is 5.12. The Balaban J connectivity index is 2.08. The van der Waals surface area contributed by atoms with Crippen LogP contribution < -0.4 is 5.32 Å². The predicted molar refractivity (Wildman–Crippen MR) is 78.3 cm³/mol. The molecule has 1 amide bonds. The Labute approximate surface area is 139 Å². The van der Waals surface area contributed by atoms with E-state index in [1.807, 2.05) is 0 Å². The Morgan fingerprint density at radius 1 is 1.42 bits per heavy atom. The van der Waals surface area contributed by atoms with Gasteiger partial charge in [-0.25, -0.2) is 4.98 Å². The Morgan fingerprint density at radius 2 is 2.08 bits per heavy atom. The number of carbonyl (C=O) groups excluding carboxylic acids is 1. The van der Waals surface area contributed by atoms with Crippen molar-refractivity contribution < 1.29 is 33.0 Å². The zero-order valence-corrected chi connectivity index (χ0v) is 13.6. The van der Waals surface area contributed by atoms with Crippen molar-refractivity contribution in [3.8, 4) is 0 Å². The van der Waals surface area contributed by atoms with Gasteiger partial charge in [0.05, 0.1) is 12.3 Å². The van der Waals surface area contributed by atoms with Crippen molar-refractivity contribution in [3.05, 3.63) is 16.1 Å². The molecule has 1 heterocycles. The van der Waals surface area contributed by atoms with Gasteiger partial charge in [-0.1, -0.05) is 0 Å². The van der Waals surface area contributed by atoms with Gasteiger partial charge in [0.2, 0.25) is 11.5 Å². The second-order valence-electron chi connectivity index (χ2n) is 5.94. The zero-order chi connectivity index (χ0) is 18.1. The molecule has 6 nitrogen and oxygen atoms in total. The van der Waals surface area contributed by atoms with E-state index in [1.54, 1.807) is 0 Å².